The van der Waals surface area contributed by atoms with Crippen molar-refractivity contribution in [2.45, 2.75) is 54.5 Å². The van der Waals surface area contributed by atoms with Crippen molar-refractivity contribution in [1.82, 2.24) is 19.1 Å². The van der Waals surface area contributed by atoms with Crippen LogP contribution in [0.25, 0.3) is 28.2 Å². The number of nitrogen functional groups attached to an aromatic ring is 1. The fraction of sp³-hybridized carbons (Fsp3) is 0.308. The van der Waals surface area contributed by atoms with Crippen molar-refractivity contribution < 1.29 is 21.9 Å². The number of aromatic nitrogens is 3. The Kier molecular flexibility index (Phi) is 6.76. The first-order valence-corrected chi connectivity index (χ1v) is 15.6. The summed E-state index contributed by atoms with van der Waals surface area (Å²) in [5.74, 6) is 0.154. The third-order valence-corrected chi connectivity index (χ3v) is 9.52. The van der Waals surface area contributed by atoms with Crippen molar-refractivity contribution in [2.24, 2.45) is 0 Å². The van der Waals surface area contributed by atoms with Gasteiger partial charge in [0.05, 0.1) is 33.5 Å². The average Bonchev–Trinajstić information content (AvgIpc) is 3.29. The third kappa shape index (κ3) is 5.17. The van der Waals surface area contributed by atoms with Crippen LogP contribution in [0.4, 0.5) is 5.82 Å². The molecule has 1 fully saturated rings. The number of aryl methyl sites for hydroxylation is 1. The highest BCUT2D eigenvalue weighted by Gasteiger charge is 2.26. The Morgan fingerprint density at radius 3 is 2.47 bits per heavy atom. The lowest BCUT2D eigenvalue weighted by atomic mass is 9.94. The molecule has 0 aliphatic heterocycles. The van der Waals surface area contributed by atoms with Crippen LogP contribution in [0.3, 0.4) is 0 Å². The predicted octanol–water partition coefficient (Wildman–Crippen LogP) is 2.94. The first-order chi connectivity index (χ1) is 17.9. The number of benzene rings is 2. The Morgan fingerprint density at radius 1 is 1.03 bits per heavy atom. The molecule has 1 aliphatic rings. The number of rotatable bonds is 6. The van der Waals surface area contributed by atoms with Crippen molar-refractivity contribution in [1.29, 1.82) is 0 Å². The normalized spacial score (nSPS) is 18.6. The summed E-state index contributed by atoms with van der Waals surface area (Å²) in [5, 5.41) is 9.74. The maximum Gasteiger partial charge on any atom is 0.240 e. The number of nitrogens with two attached hydrogens (primary N) is 1. The molecule has 4 N–H and O–H groups in total. The summed E-state index contributed by atoms with van der Waals surface area (Å²) in [4.78, 5) is 9.13. The molecule has 1 aliphatic carbocycles. The van der Waals surface area contributed by atoms with E-state index < -0.39 is 19.9 Å². The molecule has 12 heteroatoms. The minimum atomic E-state index is -3.79. The quantitative estimate of drug-likeness (QED) is 0.328. The monoisotopic (exact) mass is 555 g/mol. The Balaban J connectivity index is 1.56. The van der Waals surface area contributed by atoms with Crippen molar-refractivity contribution in [3.63, 3.8) is 0 Å². The topological polar surface area (TPSA) is 157 Å². The van der Waals surface area contributed by atoms with Gasteiger partial charge in [0, 0.05) is 29.6 Å². The molecule has 0 bridgehead atoms. The second-order valence-corrected chi connectivity index (χ2v) is 13.5. The summed E-state index contributed by atoms with van der Waals surface area (Å²) in [5.41, 5.74) is 9.74. The van der Waals surface area contributed by atoms with E-state index in [9.17, 15) is 21.9 Å². The maximum atomic E-state index is 13.2. The summed E-state index contributed by atoms with van der Waals surface area (Å²) >= 11 is 0. The number of aliphatic hydroxyl groups excluding tert-OH is 1. The van der Waals surface area contributed by atoms with Crippen LogP contribution in [0.5, 0.6) is 0 Å². The Labute approximate surface area is 221 Å². The highest BCUT2D eigenvalue weighted by atomic mass is 32.2. The molecule has 2 heterocycles. The molecule has 1 saturated carbocycles. The average molecular weight is 556 g/mol. The molecule has 0 atom stereocenters. The van der Waals surface area contributed by atoms with Gasteiger partial charge in [-0.2, -0.15) is 0 Å². The summed E-state index contributed by atoms with van der Waals surface area (Å²) < 4.78 is 55.0. The summed E-state index contributed by atoms with van der Waals surface area (Å²) in [6.07, 6.45) is 6.39. The minimum Gasteiger partial charge on any atom is -0.393 e. The van der Waals surface area contributed by atoms with E-state index in [1.165, 1.54) is 12.1 Å². The first kappa shape index (κ1) is 26.3. The van der Waals surface area contributed by atoms with Crippen molar-refractivity contribution >= 4 is 31.3 Å². The zero-order valence-corrected chi connectivity index (χ0v) is 22.6. The number of hydrogen-bond acceptors (Lipinski definition) is 8. The number of aliphatic hydroxyl groups is 1. The van der Waals surface area contributed by atoms with Gasteiger partial charge in [0.25, 0.3) is 0 Å². The zero-order valence-electron chi connectivity index (χ0n) is 21.0. The number of nitrogens with zero attached hydrogens (tertiary/aromatic N) is 3. The minimum absolute atomic E-state index is 0.127. The summed E-state index contributed by atoms with van der Waals surface area (Å²) in [7, 11) is -7.21. The van der Waals surface area contributed by atoms with E-state index in [0.717, 1.165) is 11.8 Å². The lowest BCUT2D eigenvalue weighted by Crippen LogP contribution is -2.38. The van der Waals surface area contributed by atoms with Gasteiger partial charge in [-0.3, -0.25) is 4.40 Å². The number of sulfonamides is 1. The molecule has 5 rings (SSSR count). The number of sulfone groups is 1. The predicted molar refractivity (Wildman–Crippen MR) is 145 cm³/mol. The number of nitrogens with one attached hydrogen (secondary N) is 1. The SMILES string of the molecule is Cc1ccc(S(=O)(=O)N[C@H]2CC[C@H](O)CC2)cc1-c1cnc2c(N)nc(-c3cccc(S(C)(=O)=O)c3)cn12. The van der Waals surface area contributed by atoms with Crippen LogP contribution in [0, 0.1) is 6.92 Å². The van der Waals surface area contributed by atoms with Gasteiger partial charge in [-0.1, -0.05) is 18.2 Å². The van der Waals surface area contributed by atoms with Gasteiger partial charge in [0.1, 0.15) is 0 Å². The molecule has 0 amide bonds. The highest BCUT2D eigenvalue weighted by Crippen LogP contribution is 2.31. The van der Waals surface area contributed by atoms with Crippen LogP contribution >= 0.6 is 0 Å². The fourth-order valence-electron chi connectivity index (χ4n) is 4.76. The standard InChI is InChI=1S/C26H29N5O5S2/c1-16-6-11-21(38(35,36)30-18-7-9-19(32)10-8-18)13-22(16)24-14-28-26-25(27)29-23(15-31(24)26)17-4-3-5-20(12-17)37(2,33)34/h3-6,11-15,18-19,30,32H,7-10H2,1-2H3,(H2,27,29)/t18-,19-. The van der Waals surface area contributed by atoms with E-state index in [1.807, 2.05) is 6.92 Å². The number of hydrogen-bond donors (Lipinski definition) is 3. The zero-order chi connectivity index (χ0) is 27.2. The first-order valence-electron chi connectivity index (χ1n) is 12.2. The van der Waals surface area contributed by atoms with Crippen LogP contribution in [-0.2, 0) is 19.9 Å². The number of anilines is 1. The molecule has 0 unspecified atom stereocenters. The van der Waals surface area contributed by atoms with Crippen LogP contribution < -0.4 is 10.5 Å². The Hall–Kier alpha value is -3.32. The molecule has 0 radical (unpaired) electrons. The van der Waals surface area contributed by atoms with Gasteiger partial charge in [-0.15, -0.1) is 0 Å². The van der Waals surface area contributed by atoms with Gasteiger partial charge in [-0.05, 0) is 62.4 Å². The van der Waals surface area contributed by atoms with Gasteiger partial charge < -0.3 is 10.8 Å². The lowest BCUT2D eigenvalue weighted by Gasteiger charge is -2.26. The second-order valence-electron chi connectivity index (χ2n) is 9.75. The largest absolute Gasteiger partial charge is 0.393 e. The van der Waals surface area contributed by atoms with Crippen LogP contribution in [0.1, 0.15) is 31.2 Å². The Bertz CT molecular complexity index is 1740. The molecule has 2 aromatic carbocycles. The Morgan fingerprint density at radius 2 is 1.76 bits per heavy atom. The molecule has 2 aromatic heterocycles. The molecule has 10 nitrogen and oxygen atoms in total. The smallest absolute Gasteiger partial charge is 0.240 e. The molecule has 0 spiro atoms. The lowest BCUT2D eigenvalue weighted by molar-refractivity contribution is 0.120. The maximum absolute atomic E-state index is 13.2. The molecule has 0 saturated heterocycles. The number of fused-ring (bicyclic) bond motifs is 1. The molecular formula is C26H29N5O5S2. The van der Waals surface area contributed by atoms with E-state index >= 15 is 0 Å². The van der Waals surface area contributed by atoms with Gasteiger partial charge >= 0.3 is 0 Å². The van der Waals surface area contributed by atoms with Gasteiger partial charge in [0.15, 0.2) is 21.3 Å². The van der Waals surface area contributed by atoms with Gasteiger partial charge in [0.2, 0.25) is 10.0 Å². The van der Waals surface area contributed by atoms with Crippen molar-refractivity contribution in [3.8, 4) is 22.5 Å². The molecule has 200 valence electrons. The summed E-state index contributed by atoms with van der Waals surface area (Å²) in [6.45, 7) is 1.88. The fourth-order valence-corrected chi connectivity index (χ4v) is 6.76. The highest BCUT2D eigenvalue weighted by molar-refractivity contribution is 7.90. The van der Waals surface area contributed by atoms with Gasteiger partial charge in [-0.25, -0.2) is 31.5 Å². The summed E-state index contributed by atoms with van der Waals surface area (Å²) in [6, 6.07) is 11.1. The van der Waals surface area contributed by atoms with E-state index in [0.29, 0.717) is 53.8 Å². The van der Waals surface area contributed by atoms with E-state index in [2.05, 4.69) is 14.7 Å². The van der Waals surface area contributed by atoms with Crippen LogP contribution in [0.15, 0.2) is 64.6 Å². The van der Waals surface area contributed by atoms with Crippen LogP contribution in [-0.4, -0.2) is 54.7 Å². The third-order valence-electron chi connectivity index (χ3n) is 6.89. The van der Waals surface area contributed by atoms with Crippen LogP contribution in [0.2, 0.25) is 0 Å². The molecular weight excluding hydrogens is 526 g/mol. The van der Waals surface area contributed by atoms with E-state index in [1.54, 1.807) is 47.1 Å². The number of imidazole rings is 1. The second kappa shape index (κ2) is 9.77. The van der Waals surface area contributed by atoms with Crippen molar-refractivity contribution in [2.75, 3.05) is 12.0 Å². The molecule has 38 heavy (non-hydrogen) atoms. The molecule has 4 aromatic rings. The van der Waals surface area contributed by atoms with Crippen molar-refractivity contribution in [3.05, 3.63) is 60.4 Å². The van der Waals surface area contributed by atoms with E-state index in [4.69, 9.17) is 5.73 Å². The van der Waals surface area contributed by atoms with E-state index in [-0.39, 0.29) is 27.8 Å².